The molecule has 0 aliphatic rings. The smallest absolute Gasteiger partial charge is 0.0849 e. The lowest BCUT2D eigenvalue weighted by Crippen LogP contribution is -1.61. The molecule has 2 heteroatoms. The van der Waals surface area contributed by atoms with E-state index in [9.17, 15) is 0 Å². The molecule has 0 aliphatic carbocycles. The summed E-state index contributed by atoms with van der Waals surface area (Å²) in [6.45, 7) is 2.07. The van der Waals surface area contributed by atoms with Crippen molar-refractivity contribution >= 4 is 11.8 Å². The lowest BCUT2D eigenvalue weighted by atomic mass is 10.5. The van der Waals surface area contributed by atoms with Crippen molar-refractivity contribution in [2.24, 2.45) is 0 Å². The van der Waals surface area contributed by atoms with E-state index in [4.69, 9.17) is 5.26 Å². The molecule has 0 amide bonds. The maximum Gasteiger partial charge on any atom is 0.0849 e. The third-order valence-corrected chi connectivity index (χ3v) is 1.26. The lowest BCUT2D eigenvalue weighted by Gasteiger charge is -1.78. The van der Waals surface area contributed by atoms with E-state index in [2.05, 4.69) is 6.92 Å². The average molecular weight is 127 g/mol. The molecule has 0 rings (SSSR count). The Labute approximate surface area is 54.4 Å². The molecule has 0 saturated heterocycles. The summed E-state index contributed by atoms with van der Waals surface area (Å²) in [7, 11) is 0. The van der Waals surface area contributed by atoms with Gasteiger partial charge in [0.25, 0.3) is 0 Å². The summed E-state index contributed by atoms with van der Waals surface area (Å²) in [6.07, 6.45) is 3.10. The number of hydrogen-bond donors (Lipinski definition) is 0. The van der Waals surface area contributed by atoms with Crippen LogP contribution in [0.2, 0.25) is 0 Å². The van der Waals surface area contributed by atoms with Crippen LogP contribution in [0, 0.1) is 11.3 Å². The predicted octanol–water partition coefficient (Wildman–Crippen LogP) is 2.17. The number of allylic oxidation sites excluding steroid dienone is 1. The first-order chi connectivity index (χ1) is 3.91. The first kappa shape index (κ1) is 7.58. The Morgan fingerprint density at radius 1 is 1.75 bits per heavy atom. The fourth-order valence-electron chi connectivity index (χ4n) is 0.250. The zero-order chi connectivity index (χ0) is 6.24. The Morgan fingerprint density at radius 3 is 3.00 bits per heavy atom. The van der Waals surface area contributed by atoms with Gasteiger partial charge in [-0.15, -0.1) is 11.8 Å². The maximum atomic E-state index is 8.06. The number of rotatable bonds is 3. The van der Waals surface area contributed by atoms with E-state index in [-0.39, 0.29) is 0 Å². The fraction of sp³-hybridized carbons (Fsp3) is 0.500. The van der Waals surface area contributed by atoms with Crippen LogP contribution in [-0.4, -0.2) is 5.75 Å². The van der Waals surface area contributed by atoms with E-state index < -0.39 is 0 Å². The van der Waals surface area contributed by atoms with Crippen LogP contribution in [0.25, 0.3) is 0 Å². The van der Waals surface area contributed by atoms with Crippen LogP contribution in [-0.2, 0) is 0 Å². The molecule has 1 nitrogen and oxygen atoms in total. The van der Waals surface area contributed by atoms with E-state index in [0.29, 0.717) is 5.75 Å². The molecule has 0 aromatic heterocycles. The number of nitriles is 1. The van der Waals surface area contributed by atoms with Crippen LogP contribution in [0.1, 0.15) is 13.3 Å². The molecule has 0 bridgehead atoms. The summed E-state index contributed by atoms with van der Waals surface area (Å²) in [6, 6.07) is 2.04. The molecule has 0 aliphatic heterocycles. The molecule has 0 aromatic carbocycles. The second-order valence-electron chi connectivity index (χ2n) is 1.25. The standard InChI is InChI=1S/C6H9NS/c1-2-3-5-8-6-4-7/h3,5H,2,6H2,1H3/b5-3-. The van der Waals surface area contributed by atoms with E-state index in [1.807, 2.05) is 17.6 Å². The van der Waals surface area contributed by atoms with Crippen molar-refractivity contribution in [3.05, 3.63) is 11.5 Å². The van der Waals surface area contributed by atoms with Crippen LogP contribution >= 0.6 is 11.8 Å². The fourth-order valence-corrected chi connectivity index (χ4v) is 0.749. The Balaban J connectivity index is 2.94. The zero-order valence-corrected chi connectivity index (χ0v) is 5.74. The Bertz CT molecular complexity index is 102. The van der Waals surface area contributed by atoms with Crippen LogP contribution < -0.4 is 0 Å². The highest BCUT2D eigenvalue weighted by molar-refractivity contribution is 8.02. The molecule has 0 saturated carbocycles. The monoisotopic (exact) mass is 127 g/mol. The zero-order valence-electron chi connectivity index (χ0n) is 4.92. The minimum Gasteiger partial charge on any atom is -0.197 e. The molecule has 0 N–H and O–H groups in total. The van der Waals surface area contributed by atoms with Crippen molar-refractivity contribution in [2.45, 2.75) is 13.3 Å². The van der Waals surface area contributed by atoms with Crippen LogP contribution in [0.4, 0.5) is 0 Å². The minimum absolute atomic E-state index is 0.566. The Morgan fingerprint density at radius 2 is 2.50 bits per heavy atom. The summed E-state index contributed by atoms with van der Waals surface area (Å²) >= 11 is 1.54. The lowest BCUT2D eigenvalue weighted by molar-refractivity contribution is 1.23. The predicted molar refractivity (Wildman–Crippen MR) is 37.5 cm³/mol. The highest BCUT2D eigenvalue weighted by atomic mass is 32.2. The molecule has 0 fully saturated rings. The summed E-state index contributed by atoms with van der Waals surface area (Å²) in [5, 5.41) is 10.0. The maximum absolute atomic E-state index is 8.06. The molecule has 0 heterocycles. The van der Waals surface area contributed by atoms with Crippen molar-refractivity contribution in [3.8, 4) is 6.07 Å². The van der Waals surface area contributed by atoms with Gasteiger partial charge in [0.1, 0.15) is 0 Å². The molecular weight excluding hydrogens is 118 g/mol. The Hall–Kier alpha value is -0.420. The third-order valence-electron chi connectivity index (χ3n) is 0.576. The summed E-state index contributed by atoms with van der Waals surface area (Å²) in [4.78, 5) is 0. The van der Waals surface area contributed by atoms with Gasteiger partial charge in [-0.2, -0.15) is 5.26 Å². The normalized spacial score (nSPS) is 9.50. The molecule has 0 atom stereocenters. The summed E-state index contributed by atoms with van der Waals surface area (Å²) < 4.78 is 0. The van der Waals surface area contributed by atoms with Crippen molar-refractivity contribution < 1.29 is 0 Å². The largest absolute Gasteiger partial charge is 0.197 e. The van der Waals surface area contributed by atoms with Crippen LogP contribution in [0.15, 0.2) is 11.5 Å². The van der Waals surface area contributed by atoms with Gasteiger partial charge in [0.05, 0.1) is 11.8 Å². The van der Waals surface area contributed by atoms with Crippen LogP contribution in [0.5, 0.6) is 0 Å². The van der Waals surface area contributed by atoms with E-state index >= 15 is 0 Å². The molecule has 44 valence electrons. The van der Waals surface area contributed by atoms with Crippen molar-refractivity contribution in [2.75, 3.05) is 5.75 Å². The highest BCUT2D eigenvalue weighted by Gasteiger charge is 1.73. The van der Waals surface area contributed by atoms with E-state index in [1.165, 1.54) is 11.8 Å². The van der Waals surface area contributed by atoms with Gasteiger partial charge in [-0.1, -0.05) is 13.0 Å². The van der Waals surface area contributed by atoms with Gasteiger partial charge in [0.15, 0.2) is 0 Å². The van der Waals surface area contributed by atoms with Gasteiger partial charge < -0.3 is 0 Å². The van der Waals surface area contributed by atoms with Gasteiger partial charge in [0, 0.05) is 0 Å². The summed E-state index contributed by atoms with van der Waals surface area (Å²) in [5.74, 6) is 0.566. The molecule has 0 spiro atoms. The highest BCUT2D eigenvalue weighted by Crippen LogP contribution is 1.99. The van der Waals surface area contributed by atoms with Gasteiger partial charge in [0.2, 0.25) is 0 Å². The van der Waals surface area contributed by atoms with Gasteiger partial charge in [-0.25, -0.2) is 0 Å². The molecule has 0 radical (unpaired) electrons. The van der Waals surface area contributed by atoms with E-state index in [0.717, 1.165) is 6.42 Å². The molecule has 0 unspecified atom stereocenters. The van der Waals surface area contributed by atoms with E-state index in [1.54, 1.807) is 0 Å². The first-order valence-electron chi connectivity index (χ1n) is 2.55. The van der Waals surface area contributed by atoms with Gasteiger partial charge >= 0.3 is 0 Å². The van der Waals surface area contributed by atoms with Gasteiger partial charge in [-0.05, 0) is 11.8 Å². The molecule has 0 aromatic rings. The number of thioether (sulfide) groups is 1. The van der Waals surface area contributed by atoms with Gasteiger partial charge in [-0.3, -0.25) is 0 Å². The topological polar surface area (TPSA) is 23.8 Å². The second-order valence-corrected chi connectivity index (χ2v) is 2.14. The molecular formula is C6H9NS. The quantitative estimate of drug-likeness (QED) is 0.542. The average Bonchev–Trinajstić information content (AvgIpc) is 1.81. The summed E-state index contributed by atoms with van der Waals surface area (Å²) in [5.41, 5.74) is 0. The van der Waals surface area contributed by atoms with Crippen molar-refractivity contribution in [1.29, 1.82) is 5.26 Å². The van der Waals surface area contributed by atoms with Crippen LogP contribution in [0.3, 0.4) is 0 Å². The SMILES string of the molecule is CC/C=C\SCC#N. The third kappa shape index (κ3) is 5.58. The first-order valence-corrected chi connectivity index (χ1v) is 3.60. The Kier molecular flexibility index (Phi) is 6.23. The number of hydrogen-bond acceptors (Lipinski definition) is 2. The second kappa shape index (κ2) is 6.58. The minimum atomic E-state index is 0.566. The van der Waals surface area contributed by atoms with Crippen molar-refractivity contribution in [1.82, 2.24) is 0 Å². The molecule has 8 heavy (non-hydrogen) atoms. The van der Waals surface area contributed by atoms with Crippen molar-refractivity contribution in [3.63, 3.8) is 0 Å². The number of nitrogens with zero attached hydrogens (tertiary/aromatic N) is 1.